The van der Waals surface area contributed by atoms with Crippen LogP contribution in [0.1, 0.15) is 29.6 Å². The van der Waals surface area contributed by atoms with E-state index in [1.54, 1.807) is 18.3 Å². The molecular formula is C12H17N3O2. The molecule has 0 saturated heterocycles. The van der Waals surface area contributed by atoms with E-state index in [4.69, 9.17) is 10.5 Å². The molecule has 1 aromatic heterocycles. The van der Waals surface area contributed by atoms with Gasteiger partial charge >= 0.3 is 0 Å². The van der Waals surface area contributed by atoms with Crippen LogP contribution in [0.3, 0.4) is 0 Å². The van der Waals surface area contributed by atoms with Crippen molar-refractivity contribution in [1.82, 2.24) is 10.3 Å². The number of ether oxygens (including phenoxy) is 1. The van der Waals surface area contributed by atoms with Crippen molar-refractivity contribution in [2.24, 2.45) is 5.73 Å². The van der Waals surface area contributed by atoms with Crippen molar-refractivity contribution >= 4 is 5.91 Å². The largest absolute Gasteiger partial charge is 0.480 e. The number of carbonyl (C=O) groups excluding carboxylic acids is 1. The first-order chi connectivity index (χ1) is 8.21. The predicted octanol–water partition coefficient (Wildman–Crippen LogP) is 0.701. The van der Waals surface area contributed by atoms with Crippen LogP contribution in [0.5, 0.6) is 5.88 Å². The molecule has 1 aliphatic rings. The summed E-state index contributed by atoms with van der Waals surface area (Å²) >= 11 is 0. The van der Waals surface area contributed by atoms with E-state index >= 15 is 0 Å². The van der Waals surface area contributed by atoms with Crippen molar-refractivity contribution in [3.05, 3.63) is 23.9 Å². The zero-order valence-corrected chi connectivity index (χ0v) is 9.90. The molecular weight excluding hydrogens is 218 g/mol. The Morgan fingerprint density at radius 1 is 1.65 bits per heavy atom. The van der Waals surface area contributed by atoms with Gasteiger partial charge in [-0.05, 0) is 31.4 Å². The van der Waals surface area contributed by atoms with Crippen LogP contribution in [0.4, 0.5) is 0 Å². The summed E-state index contributed by atoms with van der Waals surface area (Å²) in [6, 6.07) is 3.41. The molecule has 1 amide bonds. The minimum absolute atomic E-state index is 0.167. The number of nitrogens with one attached hydrogen (secondary N) is 1. The van der Waals surface area contributed by atoms with E-state index in [0.717, 1.165) is 19.3 Å². The molecule has 0 aromatic carbocycles. The summed E-state index contributed by atoms with van der Waals surface area (Å²) in [5.74, 6) is 0.177. The standard InChI is InChI=1S/C12H17N3O2/c1-17-11-9(4-2-7-14-11)10(16)15-12(8-13)5-3-6-12/h2,4,7H,3,5-6,8,13H2,1H3,(H,15,16). The van der Waals surface area contributed by atoms with E-state index in [1.165, 1.54) is 7.11 Å². The van der Waals surface area contributed by atoms with Crippen molar-refractivity contribution in [3.63, 3.8) is 0 Å². The van der Waals surface area contributed by atoms with Crippen molar-refractivity contribution in [2.75, 3.05) is 13.7 Å². The Bertz CT molecular complexity index is 410. The van der Waals surface area contributed by atoms with E-state index < -0.39 is 0 Å². The molecule has 1 fully saturated rings. The summed E-state index contributed by atoms with van der Waals surface area (Å²) in [7, 11) is 1.50. The van der Waals surface area contributed by atoms with Crippen molar-refractivity contribution in [2.45, 2.75) is 24.8 Å². The summed E-state index contributed by atoms with van der Waals surface area (Å²) in [5, 5.41) is 2.99. The normalized spacial score (nSPS) is 17.1. The molecule has 92 valence electrons. The van der Waals surface area contributed by atoms with Gasteiger partial charge in [0.15, 0.2) is 0 Å². The number of amides is 1. The lowest BCUT2D eigenvalue weighted by molar-refractivity contribution is 0.0833. The smallest absolute Gasteiger partial charge is 0.257 e. The molecule has 1 aromatic rings. The second-order valence-corrected chi connectivity index (χ2v) is 4.35. The molecule has 0 spiro atoms. The van der Waals surface area contributed by atoms with Crippen LogP contribution in [0.2, 0.25) is 0 Å². The van der Waals surface area contributed by atoms with Crippen molar-refractivity contribution in [1.29, 1.82) is 0 Å². The fourth-order valence-corrected chi connectivity index (χ4v) is 2.02. The number of hydrogen-bond acceptors (Lipinski definition) is 4. The number of pyridine rings is 1. The van der Waals surface area contributed by atoms with Gasteiger partial charge in [-0.2, -0.15) is 0 Å². The van der Waals surface area contributed by atoms with Gasteiger partial charge in [0.2, 0.25) is 5.88 Å². The Kier molecular flexibility index (Phi) is 3.28. The Morgan fingerprint density at radius 2 is 2.41 bits per heavy atom. The summed E-state index contributed by atoms with van der Waals surface area (Å²) in [5.41, 5.74) is 5.93. The minimum Gasteiger partial charge on any atom is -0.480 e. The highest BCUT2D eigenvalue weighted by Crippen LogP contribution is 2.31. The fraction of sp³-hybridized carbons (Fsp3) is 0.500. The first-order valence-corrected chi connectivity index (χ1v) is 5.72. The fourth-order valence-electron chi connectivity index (χ4n) is 2.02. The topological polar surface area (TPSA) is 77.2 Å². The van der Waals surface area contributed by atoms with E-state index in [9.17, 15) is 4.79 Å². The molecule has 5 heteroatoms. The summed E-state index contributed by atoms with van der Waals surface area (Å²) in [6.07, 6.45) is 4.59. The second-order valence-electron chi connectivity index (χ2n) is 4.35. The van der Waals surface area contributed by atoms with Crippen LogP contribution in [0.15, 0.2) is 18.3 Å². The van der Waals surface area contributed by atoms with Gasteiger partial charge in [-0.15, -0.1) is 0 Å². The number of hydrogen-bond donors (Lipinski definition) is 2. The van der Waals surface area contributed by atoms with Crippen LogP contribution < -0.4 is 15.8 Å². The quantitative estimate of drug-likeness (QED) is 0.805. The van der Waals surface area contributed by atoms with Crippen molar-refractivity contribution < 1.29 is 9.53 Å². The highest BCUT2D eigenvalue weighted by Gasteiger charge is 2.37. The Morgan fingerprint density at radius 3 is 2.94 bits per heavy atom. The molecule has 2 rings (SSSR count). The maximum atomic E-state index is 12.1. The monoisotopic (exact) mass is 235 g/mol. The molecule has 1 saturated carbocycles. The number of nitrogens with zero attached hydrogens (tertiary/aromatic N) is 1. The number of methoxy groups -OCH3 is 1. The third-order valence-electron chi connectivity index (χ3n) is 3.29. The molecule has 0 aliphatic heterocycles. The number of nitrogens with two attached hydrogens (primary N) is 1. The molecule has 3 N–H and O–H groups in total. The molecule has 0 radical (unpaired) electrons. The maximum Gasteiger partial charge on any atom is 0.257 e. The van der Waals surface area contributed by atoms with Gasteiger partial charge in [-0.25, -0.2) is 4.98 Å². The lowest BCUT2D eigenvalue weighted by Gasteiger charge is -2.41. The molecule has 5 nitrogen and oxygen atoms in total. The summed E-state index contributed by atoms with van der Waals surface area (Å²) in [6.45, 7) is 0.474. The Labute approximate surface area is 100 Å². The highest BCUT2D eigenvalue weighted by molar-refractivity contribution is 5.96. The number of carbonyl (C=O) groups is 1. The van der Waals surface area contributed by atoms with Gasteiger partial charge in [-0.3, -0.25) is 4.79 Å². The second kappa shape index (κ2) is 4.71. The van der Waals surface area contributed by atoms with Gasteiger partial charge in [-0.1, -0.05) is 0 Å². The average Bonchev–Trinajstić information content (AvgIpc) is 2.33. The van der Waals surface area contributed by atoms with E-state index in [-0.39, 0.29) is 11.4 Å². The average molecular weight is 235 g/mol. The van der Waals surface area contributed by atoms with Crippen LogP contribution in [0.25, 0.3) is 0 Å². The molecule has 0 atom stereocenters. The van der Waals surface area contributed by atoms with Gasteiger partial charge in [0.1, 0.15) is 5.56 Å². The molecule has 0 bridgehead atoms. The molecule has 1 heterocycles. The van der Waals surface area contributed by atoms with Crippen molar-refractivity contribution in [3.8, 4) is 5.88 Å². The summed E-state index contributed by atoms with van der Waals surface area (Å²) in [4.78, 5) is 16.1. The zero-order valence-electron chi connectivity index (χ0n) is 9.90. The third-order valence-corrected chi connectivity index (χ3v) is 3.29. The molecule has 1 aliphatic carbocycles. The zero-order chi connectivity index (χ0) is 12.3. The lowest BCUT2D eigenvalue weighted by atomic mass is 9.76. The number of aromatic nitrogens is 1. The van der Waals surface area contributed by atoms with Crippen LogP contribution in [-0.2, 0) is 0 Å². The van der Waals surface area contributed by atoms with E-state index in [0.29, 0.717) is 18.0 Å². The highest BCUT2D eigenvalue weighted by atomic mass is 16.5. The molecule has 0 unspecified atom stereocenters. The minimum atomic E-state index is -0.224. The summed E-state index contributed by atoms with van der Waals surface area (Å²) < 4.78 is 5.06. The van der Waals surface area contributed by atoms with Gasteiger partial charge < -0.3 is 15.8 Å². The van der Waals surface area contributed by atoms with E-state index in [1.807, 2.05) is 0 Å². The Balaban J connectivity index is 2.14. The maximum absolute atomic E-state index is 12.1. The third kappa shape index (κ3) is 2.24. The first-order valence-electron chi connectivity index (χ1n) is 5.72. The first kappa shape index (κ1) is 11.9. The van der Waals surface area contributed by atoms with Crippen LogP contribution >= 0.6 is 0 Å². The Hall–Kier alpha value is -1.62. The van der Waals surface area contributed by atoms with Crippen LogP contribution in [-0.4, -0.2) is 30.1 Å². The number of rotatable bonds is 4. The van der Waals surface area contributed by atoms with Crippen LogP contribution in [0, 0.1) is 0 Å². The molecule has 17 heavy (non-hydrogen) atoms. The predicted molar refractivity (Wildman–Crippen MR) is 63.9 cm³/mol. The van der Waals surface area contributed by atoms with E-state index in [2.05, 4.69) is 10.3 Å². The van der Waals surface area contributed by atoms with Gasteiger partial charge in [0, 0.05) is 12.7 Å². The lowest BCUT2D eigenvalue weighted by Crippen LogP contribution is -2.58. The van der Waals surface area contributed by atoms with Gasteiger partial charge in [0.05, 0.1) is 12.6 Å². The van der Waals surface area contributed by atoms with Gasteiger partial charge in [0.25, 0.3) is 5.91 Å². The SMILES string of the molecule is COc1ncccc1C(=O)NC1(CN)CCC1.